The van der Waals surface area contributed by atoms with E-state index >= 15 is 0 Å². The standard InChI is InChI=1S/C15H12BrNOS/c16-15-6-5-11(19-15)7-14(18)13-9-17-8-10-3-1-2-4-12(10)13/h1-6,8-9,14,18H,7H2. The largest absolute Gasteiger partial charge is 0.388 e. The Bertz CT molecular complexity index is 705. The van der Waals surface area contributed by atoms with Crippen LogP contribution in [0.1, 0.15) is 16.5 Å². The SMILES string of the molecule is OC(Cc1ccc(Br)s1)c1cncc2ccccc12. The molecule has 4 heteroatoms. The number of halogens is 1. The lowest BCUT2D eigenvalue weighted by Gasteiger charge is -2.12. The molecule has 96 valence electrons. The van der Waals surface area contributed by atoms with Gasteiger partial charge in [-0.2, -0.15) is 0 Å². The molecule has 3 aromatic rings. The highest BCUT2D eigenvalue weighted by Gasteiger charge is 2.13. The molecule has 0 amide bonds. The van der Waals surface area contributed by atoms with Crippen molar-refractivity contribution in [1.29, 1.82) is 0 Å². The lowest BCUT2D eigenvalue weighted by molar-refractivity contribution is 0.180. The van der Waals surface area contributed by atoms with Crippen molar-refractivity contribution in [2.45, 2.75) is 12.5 Å². The van der Waals surface area contributed by atoms with Crippen LogP contribution in [-0.2, 0) is 6.42 Å². The summed E-state index contributed by atoms with van der Waals surface area (Å²) in [5.41, 5.74) is 0.891. The maximum Gasteiger partial charge on any atom is 0.0859 e. The van der Waals surface area contributed by atoms with Gasteiger partial charge in [0.05, 0.1) is 9.89 Å². The van der Waals surface area contributed by atoms with Crippen LogP contribution in [0.15, 0.2) is 52.6 Å². The van der Waals surface area contributed by atoms with Crippen LogP contribution in [-0.4, -0.2) is 10.1 Å². The van der Waals surface area contributed by atoms with E-state index in [2.05, 4.69) is 20.9 Å². The number of hydrogen-bond donors (Lipinski definition) is 1. The molecule has 1 N–H and O–H groups in total. The average molecular weight is 334 g/mol. The molecule has 0 saturated heterocycles. The molecule has 1 unspecified atom stereocenters. The van der Waals surface area contributed by atoms with E-state index in [0.29, 0.717) is 6.42 Å². The van der Waals surface area contributed by atoms with E-state index < -0.39 is 6.10 Å². The second-order valence-corrected chi connectivity index (χ2v) is 6.92. The van der Waals surface area contributed by atoms with E-state index in [-0.39, 0.29) is 0 Å². The van der Waals surface area contributed by atoms with Crippen LogP contribution >= 0.6 is 27.3 Å². The summed E-state index contributed by atoms with van der Waals surface area (Å²) >= 11 is 5.10. The average Bonchev–Trinajstić information content (AvgIpc) is 2.83. The predicted octanol–water partition coefficient (Wildman–Crippen LogP) is 4.33. The molecule has 1 aromatic carbocycles. The third kappa shape index (κ3) is 2.71. The Morgan fingerprint density at radius 2 is 2.00 bits per heavy atom. The number of fused-ring (bicyclic) bond motifs is 1. The summed E-state index contributed by atoms with van der Waals surface area (Å²) in [4.78, 5) is 5.37. The number of benzene rings is 1. The molecule has 2 nitrogen and oxygen atoms in total. The molecule has 19 heavy (non-hydrogen) atoms. The Morgan fingerprint density at radius 3 is 2.79 bits per heavy atom. The molecule has 2 aromatic heterocycles. The van der Waals surface area contributed by atoms with Gasteiger partial charge in [-0.25, -0.2) is 0 Å². The zero-order chi connectivity index (χ0) is 13.2. The van der Waals surface area contributed by atoms with Gasteiger partial charge in [0.25, 0.3) is 0 Å². The van der Waals surface area contributed by atoms with E-state index in [4.69, 9.17) is 0 Å². The molecule has 2 heterocycles. The molecule has 0 spiro atoms. The first-order valence-electron chi connectivity index (χ1n) is 5.99. The van der Waals surface area contributed by atoms with Gasteiger partial charge in [0.1, 0.15) is 0 Å². The Balaban J connectivity index is 1.95. The minimum Gasteiger partial charge on any atom is -0.388 e. The van der Waals surface area contributed by atoms with Crippen LogP contribution in [0, 0.1) is 0 Å². The van der Waals surface area contributed by atoms with Gasteiger partial charge in [0.2, 0.25) is 0 Å². The molecule has 0 radical (unpaired) electrons. The van der Waals surface area contributed by atoms with Gasteiger partial charge in [-0.3, -0.25) is 4.98 Å². The molecular weight excluding hydrogens is 322 g/mol. The fourth-order valence-corrected chi connectivity index (χ4v) is 3.69. The van der Waals surface area contributed by atoms with Crippen molar-refractivity contribution < 1.29 is 5.11 Å². The molecule has 0 aliphatic heterocycles. The highest BCUT2D eigenvalue weighted by molar-refractivity contribution is 9.11. The summed E-state index contributed by atoms with van der Waals surface area (Å²) in [6.07, 6.45) is 3.68. The Labute approximate surface area is 123 Å². The molecule has 0 fully saturated rings. The zero-order valence-corrected chi connectivity index (χ0v) is 12.5. The first-order chi connectivity index (χ1) is 9.24. The second kappa shape index (κ2) is 5.41. The van der Waals surface area contributed by atoms with Gasteiger partial charge in [-0.05, 0) is 33.4 Å². The Morgan fingerprint density at radius 1 is 1.16 bits per heavy atom. The molecule has 0 aliphatic rings. The van der Waals surface area contributed by atoms with Crippen molar-refractivity contribution in [3.05, 3.63) is 63.0 Å². The van der Waals surface area contributed by atoms with Gasteiger partial charge in [-0.1, -0.05) is 24.3 Å². The van der Waals surface area contributed by atoms with Crippen LogP contribution in [0.4, 0.5) is 0 Å². The predicted molar refractivity (Wildman–Crippen MR) is 82.4 cm³/mol. The molecular formula is C15H12BrNOS. The van der Waals surface area contributed by atoms with Gasteiger partial charge in [0, 0.05) is 34.6 Å². The summed E-state index contributed by atoms with van der Waals surface area (Å²) in [7, 11) is 0. The first-order valence-corrected chi connectivity index (χ1v) is 7.60. The van der Waals surface area contributed by atoms with Gasteiger partial charge in [-0.15, -0.1) is 11.3 Å². The number of aliphatic hydroxyl groups excluding tert-OH is 1. The Kier molecular flexibility index (Phi) is 3.64. The number of thiophene rings is 1. The third-order valence-electron chi connectivity index (χ3n) is 3.08. The van der Waals surface area contributed by atoms with E-state index in [1.807, 2.05) is 42.6 Å². The molecule has 0 saturated carbocycles. The lowest BCUT2D eigenvalue weighted by atomic mass is 10.0. The van der Waals surface area contributed by atoms with Gasteiger partial charge < -0.3 is 5.11 Å². The van der Waals surface area contributed by atoms with Crippen LogP contribution in [0.2, 0.25) is 0 Å². The number of rotatable bonds is 3. The van der Waals surface area contributed by atoms with E-state index in [0.717, 1.165) is 25.0 Å². The van der Waals surface area contributed by atoms with Gasteiger partial charge in [0.15, 0.2) is 0 Å². The van der Waals surface area contributed by atoms with E-state index in [1.165, 1.54) is 0 Å². The van der Waals surface area contributed by atoms with Crippen LogP contribution in [0.3, 0.4) is 0 Å². The molecule has 0 aliphatic carbocycles. The fraction of sp³-hybridized carbons (Fsp3) is 0.133. The minimum absolute atomic E-state index is 0.524. The molecule has 0 bridgehead atoms. The van der Waals surface area contributed by atoms with Crippen molar-refractivity contribution in [3.8, 4) is 0 Å². The Hall–Kier alpha value is -1.23. The smallest absolute Gasteiger partial charge is 0.0859 e. The second-order valence-electron chi connectivity index (χ2n) is 4.38. The van der Waals surface area contributed by atoms with Crippen LogP contribution in [0.25, 0.3) is 10.8 Å². The highest BCUT2D eigenvalue weighted by Crippen LogP contribution is 2.29. The summed E-state index contributed by atoms with van der Waals surface area (Å²) in [6, 6.07) is 12.1. The molecule has 1 atom stereocenters. The van der Waals surface area contributed by atoms with Crippen LogP contribution in [0.5, 0.6) is 0 Å². The number of pyridine rings is 1. The van der Waals surface area contributed by atoms with Crippen molar-refractivity contribution in [2.24, 2.45) is 0 Å². The maximum atomic E-state index is 10.4. The fourth-order valence-electron chi connectivity index (χ4n) is 2.17. The highest BCUT2D eigenvalue weighted by atomic mass is 79.9. The van der Waals surface area contributed by atoms with Crippen molar-refractivity contribution in [2.75, 3.05) is 0 Å². The minimum atomic E-state index is -0.524. The van der Waals surface area contributed by atoms with Crippen molar-refractivity contribution in [3.63, 3.8) is 0 Å². The topological polar surface area (TPSA) is 33.1 Å². The first kappa shape index (κ1) is 12.8. The van der Waals surface area contributed by atoms with Gasteiger partial charge >= 0.3 is 0 Å². The summed E-state index contributed by atoms with van der Waals surface area (Å²) in [6.45, 7) is 0. The monoisotopic (exact) mass is 333 g/mol. The third-order valence-corrected chi connectivity index (χ3v) is 4.73. The zero-order valence-electron chi connectivity index (χ0n) is 10.1. The number of nitrogens with zero attached hydrogens (tertiary/aromatic N) is 1. The van der Waals surface area contributed by atoms with Crippen LogP contribution < -0.4 is 0 Å². The quantitative estimate of drug-likeness (QED) is 0.773. The van der Waals surface area contributed by atoms with Crippen molar-refractivity contribution in [1.82, 2.24) is 4.98 Å². The lowest BCUT2D eigenvalue weighted by Crippen LogP contribution is -2.02. The number of hydrogen-bond acceptors (Lipinski definition) is 3. The summed E-state index contributed by atoms with van der Waals surface area (Å²) in [5.74, 6) is 0. The maximum absolute atomic E-state index is 10.4. The normalized spacial score (nSPS) is 12.7. The molecule has 3 rings (SSSR count). The number of aliphatic hydroxyl groups is 1. The van der Waals surface area contributed by atoms with E-state index in [1.54, 1.807) is 17.5 Å². The summed E-state index contributed by atoms with van der Waals surface area (Å²) < 4.78 is 1.09. The summed E-state index contributed by atoms with van der Waals surface area (Å²) in [5, 5.41) is 12.6. The van der Waals surface area contributed by atoms with E-state index in [9.17, 15) is 5.11 Å². The van der Waals surface area contributed by atoms with Crippen molar-refractivity contribution >= 4 is 38.0 Å². The number of aromatic nitrogens is 1.